The summed E-state index contributed by atoms with van der Waals surface area (Å²) in [5.41, 5.74) is 5.37. The number of ether oxygens (including phenoxy) is 1. The quantitative estimate of drug-likeness (QED) is 0.730. The van der Waals surface area contributed by atoms with E-state index in [0.29, 0.717) is 0 Å². The molecule has 0 spiro atoms. The Morgan fingerprint density at radius 2 is 2.17 bits per heavy atom. The van der Waals surface area contributed by atoms with Crippen molar-refractivity contribution in [1.29, 1.82) is 0 Å². The molecule has 0 unspecified atom stereocenters. The molecule has 2 aliphatic rings. The van der Waals surface area contributed by atoms with Crippen molar-refractivity contribution in [2.24, 2.45) is 0 Å². The molecule has 2 aromatic rings. The highest BCUT2D eigenvalue weighted by Crippen LogP contribution is 2.42. The molecule has 122 valence electrons. The summed E-state index contributed by atoms with van der Waals surface area (Å²) in [6, 6.07) is 6.54. The maximum absolute atomic E-state index is 5.38. The number of hydrogen-bond acceptors (Lipinski definition) is 5. The topological polar surface area (TPSA) is 37.4 Å². The number of rotatable bonds is 5. The Morgan fingerprint density at radius 3 is 3.04 bits per heavy atom. The lowest BCUT2D eigenvalue weighted by atomic mass is 10.0. The van der Waals surface area contributed by atoms with Crippen LogP contribution < -0.4 is 5.32 Å². The van der Waals surface area contributed by atoms with Gasteiger partial charge in [0.25, 0.3) is 0 Å². The van der Waals surface area contributed by atoms with E-state index in [1.165, 1.54) is 27.3 Å². The van der Waals surface area contributed by atoms with Crippen LogP contribution in [0.1, 0.15) is 22.4 Å². The first-order chi connectivity index (χ1) is 11.3. The summed E-state index contributed by atoms with van der Waals surface area (Å²) >= 11 is 1.82. The first kappa shape index (κ1) is 15.1. The molecule has 2 heterocycles. The molecule has 1 aliphatic carbocycles. The minimum atomic E-state index is 0.880. The summed E-state index contributed by atoms with van der Waals surface area (Å²) in [6.07, 6.45) is 2.20. The second-order valence-corrected chi connectivity index (χ2v) is 7.39. The summed E-state index contributed by atoms with van der Waals surface area (Å²) in [6.45, 7) is 8.23. The monoisotopic (exact) mass is 329 g/mol. The molecule has 5 heteroatoms. The largest absolute Gasteiger partial charge is 0.379 e. The van der Waals surface area contributed by atoms with Gasteiger partial charge in [0.15, 0.2) is 5.13 Å². The molecule has 0 bridgehead atoms. The molecule has 23 heavy (non-hydrogen) atoms. The van der Waals surface area contributed by atoms with Crippen LogP contribution in [0.5, 0.6) is 0 Å². The Hall–Kier alpha value is -1.43. The molecule has 0 atom stereocenters. The van der Waals surface area contributed by atoms with Crippen molar-refractivity contribution >= 4 is 16.5 Å². The smallest absolute Gasteiger partial charge is 0.183 e. The number of fused-ring (bicyclic) bond motifs is 3. The van der Waals surface area contributed by atoms with E-state index in [1.807, 2.05) is 11.3 Å². The molecule has 4 rings (SSSR count). The standard InChI is InChI=1S/C18H23N3OS/c1-13-4-2-5-14-15(13)12-16-17(14)20-18(23-16)19-6-3-7-21-8-10-22-11-9-21/h2,4-5H,3,6-12H2,1H3,(H,19,20). The predicted molar refractivity (Wildman–Crippen MR) is 95.5 cm³/mol. The fourth-order valence-corrected chi connectivity index (χ4v) is 4.41. The second-order valence-electron chi connectivity index (χ2n) is 6.30. The third-order valence-electron chi connectivity index (χ3n) is 4.73. The maximum atomic E-state index is 5.38. The molecule has 1 aromatic carbocycles. The number of aryl methyl sites for hydroxylation is 1. The molecule has 1 N–H and O–H groups in total. The molecule has 1 aromatic heterocycles. The van der Waals surface area contributed by atoms with Crippen molar-refractivity contribution in [2.45, 2.75) is 19.8 Å². The summed E-state index contributed by atoms with van der Waals surface area (Å²) in [4.78, 5) is 8.72. The van der Waals surface area contributed by atoms with Crippen LogP contribution in [0.2, 0.25) is 0 Å². The van der Waals surface area contributed by atoms with Gasteiger partial charge in [0.1, 0.15) is 0 Å². The van der Waals surface area contributed by atoms with Gasteiger partial charge in [0.05, 0.1) is 18.9 Å². The van der Waals surface area contributed by atoms with Crippen LogP contribution in [-0.2, 0) is 11.2 Å². The van der Waals surface area contributed by atoms with Gasteiger partial charge in [-0.2, -0.15) is 0 Å². The molecule has 1 aliphatic heterocycles. The molecule has 1 fully saturated rings. The van der Waals surface area contributed by atoms with E-state index in [2.05, 4.69) is 35.3 Å². The summed E-state index contributed by atoms with van der Waals surface area (Å²) < 4.78 is 5.38. The van der Waals surface area contributed by atoms with Gasteiger partial charge in [-0.15, -0.1) is 11.3 Å². The molecule has 4 nitrogen and oxygen atoms in total. The molecule has 0 saturated carbocycles. The summed E-state index contributed by atoms with van der Waals surface area (Å²) in [5, 5.41) is 4.58. The highest BCUT2D eigenvalue weighted by atomic mass is 32.1. The van der Waals surface area contributed by atoms with E-state index in [1.54, 1.807) is 0 Å². The minimum absolute atomic E-state index is 0.880. The zero-order chi connectivity index (χ0) is 15.6. The van der Waals surface area contributed by atoms with Crippen LogP contribution in [0.25, 0.3) is 11.3 Å². The third-order valence-corrected chi connectivity index (χ3v) is 5.74. The van der Waals surface area contributed by atoms with Crippen LogP contribution >= 0.6 is 11.3 Å². The fraction of sp³-hybridized carbons (Fsp3) is 0.500. The predicted octanol–water partition coefficient (Wildman–Crippen LogP) is 3.16. The fourth-order valence-electron chi connectivity index (χ4n) is 3.40. The van der Waals surface area contributed by atoms with Gasteiger partial charge in [0, 0.05) is 36.5 Å². The first-order valence-corrected chi connectivity index (χ1v) is 9.25. The van der Waals surface area contributed by atoms with Crippen molar-refractivity contribution in [3.63, 3.8) is 0 Å². The molecular weight excluding hydrogens is 306 g/mol. The molecule has 0 radical (unpaired) electrons. The Kier molecular flexibility index (Phi) is 4.33. The Balaban J connectivity index is 1.33. The van der Waals surface area contributed by atoms with Gasteiger partial charge in [-0.25, -0.2) is 4.98 Å². The Bertz CT molecular complexity index is 692. The van der Waals surface area contributed by atoms with Gasteiger partial charge < -0.3 is 10.1 Å². The summed E-state index contributed by atoms with van der Waals surface area (Å²) in [5.74, 6) is 0. The van der Waals surface area contributed by atoms with E-state index in [9.17, 15) is 0 Å². The molecular formula is C18H23N3OS. The maximum Gasteiger partial charge on any atom is 0.183 e. The number of nitrogens with zero attached hydrogens (tertiary/aromatic N) is 2. The average Bonchev–Trinajstić information content (AvgIpc) is 3.11. The lowest BCUT2D eigenvalue weighted by molar-refractivity contribution is 0.0378. The number of aromatic nitrogens is 1. The van der Waals surface area contributed by atoms with Gasteiger partial charge in [0.2, 0.25) is 0 Å². The van der Waals surface area contributed by atoms with Crippen LogP contribution in [-0.4, -0.2) is 49.3 Å². The highest BCUT2D eigenvalue weighted by molar-refractivity contribution is 7.16. The SMILES string of the molecule is Cc1cccc2c1Cc1sc(NCCCN3CCOCC3)nc1-2. The number of morpholine rings is 1. The van der Waals surface area contributed by atoms with Crippen molar-refractivity contribution in [1.82, 2.24) is 9.88 Å². The van der Waals surface area contributed by atoms with Crippen molar-refractivity contribution in [2.75, 3.05) is 44.7 Å². The number of benzene rings is 1. The highest BCUT2D eigenvalue weighted by Gasteiger charge is 2.24. The average molecular weight is 329 g/mol. The van der Waals surface area contributed by atoms with Gasteiger partial charge in [-0.1, -0.05) is 18.2 Å². The van der Waals surface area contributed by atoms with Crippen LogP contribution in [0.4, 0.5) is 5.13 Å². The lowest BCUT2D eigenvalue weighted by Gasteiger charge is -2.26. The number of anilines is 1. The number of thiazole rings is 1. The van der Waals surface area contributed by atoms with E-state index in [-0.39, 0.29) is 0 Å². The zero-order valence-electron chi connectivity index (χ0n) is 13.6. The first-order valence-electron chi connectivity index (χ1n) is 8.44. The van der Waals surface area contributed by atoms with Gasteiger partial charge in [-0.05, 0) is 31.0 Å². The molecule has 0 amide bonds. The normalized spacial score (nSPS) is 17.1. The van der Waals surface area contributed by atoms with E-state index in [4.69, 9.17) is 9.72 Å². The van der Waals surface area contributed by atoms with E-state index >= 15 is 0 Å². The van der Waals surface area contributed by atoms with Crippen molar-refractivity contribution in [3.8, 4) is 11.3 Å². The van der Waals surface area contributed by atoms with Crippen molar-refractivity contribution < 1.29 is 4.74 Å². The van der Waals surface area contributed by atoms with Crippen LogP contribution in [0, 0.1) is 6.92 Å². The Morgan fingerprint density at radius 1 is 1.30 bits per heavy atom. The van der Waals surface area contributed by atoms with E-state index in [0.717, 1.165) is 57.4 Å². The Labute approximate surface area is 141 Å². The molecule has 1 saturated heterocycles. The second kappa shape index (κ2) is 6.59. The van der Waals surface area contributed by atoms with Crippen LogP contribution in [0.3, 0.4) is 0 Å². The van der Waals surface area contributed by atoms with E-state index < -0.39 is 0 Å². The number of nitrogens with one attached hydrogen (secondary N) is 1. The zero-order valence-corrected chi connectivity index (χ0v) is 14.4. The van der Waals surface area contributed by atoms with Crippen LogP contribution in [0.15, 0.2) is 18.2 Å². The third kappa shape index (κ3) is 3.13. The van der Waals surface area contributed by atoms with Gasteiger partial charge in [-0.3, -0.25) is 4.90 Å². The lowest BCUT2D eigenvalue weighted by Crippen LogP contribution is -2.37. The van der Waals surface area contributed by atoms with Crippen molar-refractivity contribution in [3.05, 3.63) is 34.2 Å². The number of hydrogen-bond donors (Lipinski definition) is 1. The van der Waals surface area contributed by atoms with Gasteiger partial charge >= 0.3 is 0 Å². The minimum Gasteiger partial charge on any atom is -0.379 e. The summed E-state index contributed by atoms with van der Waals surface area (Å²) in [7, 11) is 0.